The Morgan fingerprint density at radius 1 is 1.57 bits per heavy atom. The van der Waals surface area contributed by atoms with E-state index in [0.717, 1.165) is 12.8 Å². The Morgan fingerprint density at radius 3 is 2.86 bits per heavy atom. The van der Waals surface area contributed by atoms with Crippen molar-refractivity contribution in [2.75, 3.05) is 13.7 Å². The van der Waals surface area contributed by atoms with Gasteiger partial charge in [0.1, 0.15) is 11.6 Å². The summed E-state index contributed by atoms with van der Waals surface area (Å²) in [6.45, 7) is 2.56. The normalized spacial score (nSPS) is 10.9. The van der Waals surface area contributed by atoms with Gasteiger partial charge in [0.05, 0.1) is 7.11 Å². The van der Waals surface area contributed by atoms with Gasteiger partial charge in [0.25, 0.3) is 5.91 Å². The van der Waals surface area contributed by atoms with Crippen LogP contribution < -0.4 is 10.1 Å². The van der Waals surface area contributed by atoms with Gasteiger partial charge in [0, 0.05) is 11.0 Å². The molecule has 0 unspecified atom stereocenters. The van der Waals surface area contributed by atoms with E-state index in [4.69, 9.17) is 10.00 Å². The number of carbonyl (C=O) groups is 1. The number of hydrogen-bond donors (Lipinski definition) is 2. The van der Waals surface area contributed by atoms with Crippen molar-refractivity contribution in [2.45, 2.75) is 19.8 Å². The number of unbranched alkanes of at least 4 members (excludes halogenated alkanes) is 1. The molecule has 0 aromatic heterocycles. The average Bonchev–Trinajstić information content (AvgIpc) is 2.46. The summed E-state index contributed by atoms with van der Waals surface area (Å²) < 4.78 is 5.58. The van der Waals surface area contributed by atoms with Crippen molar-refractivity contribution in [2.24, 2.45) is 0 Å². The minimum absolute atomic E-state index is 0.000420. The fourth-order valence-electron chi connectivity index (χ4n) is 1.61. The summed E-state index contributed by atoms with van der Waals surface area (Å²) in [7, 11) is 1.43. The molecular formula is C15H17BrN2O3. The number of halogens is 1. The number of nitriles is 1. The lowest BCUT2D eigenvalue weighted by Crippen LogP contribution is -2.25. The predicted octanol–water partition coefficient (Wildman–Crippen LogP) is 2.99. The maximum atomic E-state index is 11.9. The molecule has 1 amide bonds. The lowest BCUT2D eigenvalue weighted by atomic mass is 10.1. The van der Waals surface area contributed by atoms with Crippen LogP contribution in [-0.4, -0.2) is 24.7 Å². The molecule has 1 aromatic rings. The number of benzene rings is 1. The van der Waals surface area contributed by atoms with E-state index in [9.17, 15) is 9.90 Å². The highest BCUT2D eigenvalue weighted by molar-refractivity contribution is 9.10. The highest BCUT2D eigenvalue weighted by Crippen LogP contribution is 2.33. The van der Waals surface area contributed by atoms with Gasteiger partial charge in [-0.1, -0.05) is 29.3 Å². The van der Waals surface area contributed by atoms with Crippen molar-refractivity contribution in [3.05, 3.63) is 27.7 Å². The van der Waals surface area contributed by atoms with Gasteiger partial charge in [-0.25, -0.2) is 0 Å². The van der Waals surface area contributed by atoms with E-state index in [2.05, 4.69) is 21.2 Å². The first-order chi connectivity index (χ1) is 10.0. The number of amides is 1. The van der Waals surface area contributed by atoms with Crippen molar-refractivity contribution in [1.29, 1.82) is 5.26 Å². The van der Waals surface area contributed by atoms with Gasteiger partial charge < -0.3 is 15.2 Å². The van der Waals surface area contributed by atoms with Crippen LogP contribution in [-0.2, 0) is 4.79 Å². The Balaban J connectivity index is 3.03. The quantitative estimate of drug-likeness (QED) is 0.468. The first-order valence-electron chi connectivity index (χ1n) is 6.50. The van der Waals surface area contributed by atoms with Crippen molar-refractivity contribution < 1.29 is 14.6 Å². The number of nitrogens with one attached hydrogen (secondary N) is 1. The second kappa shape index (κ2) is 8.32. The SMILES string of the molecule is CCCCNC(=O)/C(C#N)=C\c1cc(OC)c(O)cc1Br. The van der Waals surface area contributed by atoms with Crippen molar-refractivity contribution in [3.63, 3.8) is 0 Å². The molecule has 0 aliphatic carbocycles. The van der Waals surface area contributed by atoms with Gasteiger partial charge in [-0.3, -0.25) is 4.79 Å². The maximum absolute atomic E-state index is 11.9. The van der Waals surface area contributed by atoms with E-state index in [-0.39, 0.29) is 17.1 Å². The third-order valence-corrected chi connectivity index (χ3v) is 3.47. The van der Waals surface area contributed by atoms with Crippen LogP contribution in [0.1, 0.15) is 25.3 Å². The molecule has 0 aliphatic heterocycles. The minimum Gasteiger partial charge on any atom is -0.504 e. The molecule has 0 atom stereocenters. The van der Waals surface area contributed by atoms with Crippen LogP contribution >= 0.6 is 15.9 Å². The number of rotatable bonds is 6. The standard InChI is InChI=1S/C15H17BrN2O3/c1-3-4-5-18-15(20)11(9-17)6-10-7-14(21-2)13(19)8-12(10)16/h6-8,19H,3-5H2,1-2H3,(H,18,20)/b11-6-. The fourth-order valence-corrected chi connectivity index (χ4v) is 2.06. The van der Waals surface area contributed by atoms with E-state index >= 15 is 0 Å². The van der Waals surface area contributed by atoms with Crippen LogP contribution in [0.25, 0.3) is 6.08 Å². The van der Waals surface area contributed by atoms with Crippen LogP contribution in [0.5, 0.6) is 11.5 Å². The third-order valence-electron chi connectivity index (χ3n) is 2.78. The number of phenolic OH excluding ortho intramolecular Hbond substituents is 1. The van der Waals surface area contributed by atoms with Gasteiger partial charge >= 0.3 is 0 Å². The zero-order chi connectivity index (χ0) is 15.8. The van der Waals surface area contributed by atoms with Gasteiger partial charge in [-0.2, -0.15) is 5.26 Å². The first-order valence-corrected chi connectivity index (χ1v) is 7.29. The van der Waals surface area contributed by atoms with Crippen LogP contribution in [0.15, 0.2) is 22.2 Å². The van der Waals surface area contributed by atoms with E-state index in [0.29, 0.717) is 16.6 Å². The Bertz CT molecular complexity index is 591. The largest absolute Gasteiger partial charge is 0.504 e. The van der Waals surface area contributed by atoms with E-state index in [1.807, 2.05) is 13.0 Å². The second-order valence-corrected chi connectivity index (χ2v) is 5.18. The molecule has 1 rings (SSSR count). The molecule has 112 valence electrons. The van der Waals surface area contributed by atoms with E-state index < -0.39 is 5.91 Å². The maximum Gasteiger partial charge on any atom is 0.261 e. The summed E-state index contributed by atoms with van der Waals surface area (Å²) >= 11 is 3.28. The first kappa shape index (κ1) is 17.1. The zero-order valence-electron chi connectivity index (χ0n) is 11.9. The molecule has 6 heteroatoms. The number of hydrogen-bond acceptors (Lipinski definition) is 4. The van der Waals surface area contributed by atoms with Crippen LogP contribution in [0.3, 0.4) is 0 Å². The van der Waals surface area contributed by atoms with E-state index in [1.54, 1.807) is 6.07 Å². The summed E-state index contributed by atoms with van der Waals surface area (Å²) in [6, 6.07) is 4.89. The molecule has 1 aromatic carbocycles. The van der Waals surface area contributed by atoms with Crippen LogP contribution in [0.4, 0.5) is 0 Å². The Labute approximate surface area is 132 Å². The number of ether oxygens (including phenoxy) is 1. The summed E-state index contributed by atoms with van der Waals surface area (Å²) in [5.74, 6) is -0.162. The highest BCUT2D eigenvalue weighted by atomic mass is 79.9. The van der Waals surface area contributed by atoms with Crippen LogP contribution in [0, 0.1) is 11.3 Å². The lowest BCUT2D eigenvalue weighted by Gasteiger charge is -2.07. The molecule has 0 radical (unpaired) electrons. The number of methoxy groups -OCH3 is 1. The highest BCUT2D eigenvalue weighted by Gasteiger charge is 2.11. The fraction of sp³-hybridized carbons (Fsp3) is 0.333. The van der Waals surface area contributed by atoms with Gasteiger partial charge in [0.2, 0.25) is 0 Å². The Kier molecular flexibility index (Phi) is 6.76. The predicted molar refractivity (Wildman–Crippen MR) is 83.9 cm³/mol. The molecule has 0 saturated heterocycles. The molecule has 5 nitrogen and oxygen atoms in total. The minimum atomic E-state index is -0.412. The molecule has 2 N–H and O–H groups in total. The summed E-state index contributed by atoms with van der Waals surface area (Å²) in [5.41, 5.74) is 0.575. The van der Waals surface area contributed by atoms with Crippen molar-refractivity contribution in [3.8, 4) is 17.6 Å². The number of nitrogens with zero attached hydrogens (tertiary/aromatic N) is 1. The number of aromatic hydroxyl groups is 1. The second-order valence-electron chi connectivity index (χ2n) is 4.32. The van der Waals surface area contributed by atoms with E-state index in [1.165, 1.54) is 19.3 Å². The monoisotopic (exact) mass is 352 g/mol. The molecule has 0 saturated carbocycles. The summed E-state index contributed by atoms with van der Waals surface area (Å²) in [4.78, 5) is 11.9. The molecular weight excluding hydrogens is 336 g/mol. The smallest absolute Gasteiger partial charge is 0.261 e. The van der Waals surface area contributed by atoms with Gasteiger partial charge in [-0.05, 0) is 30.2 Å². The lowest BCUT2D eigenvalue weighted by molar-refractivity contribution is -0.117. The average molecular weight is 353 g/mol. The Hall–Kier alpha value is -2.00. The van der Waals surface area contributed by atoms with Gasteiger partial charge in [0.15, 0.2) is 11.5 Å². The Morgan fingerprint density at radius 2 is 2.29 bits per heavy atom. The van der Waals surface area contributed by atoms with Crippen LogP contribution in [0.2, 0.25) is 0 Å². The molecule has 0 aliphatic rings. The van der Waals surface area contributed by atoms with Crippen molar-refractivity contribution in [1.82, 2.24) is 5.32 Å². The van der Waals surface area contributed by atoms with Crippen molar-refractivity contribution >= 4 is 27.9 Å². The van der Waals surface area contributed by atoms with Gasteiger partial charge in [-0.15, -0.1) is 0 Å². The molecule has 21 heavy (non-hydrogen) atoms. The molecule has 0 fully saturated rings. The third kappa shape index (κ3) is 4.80. The zero-order valence-corrected chi connectivity index (χ0v) is 13.5. The molecule has 0 spiro atoms. The number of phenols is 1. The summed E-state index contributed by atoms with van der Waals surface area (Å²) in [6.07, 6.45) is 3.28. The summed E-state index contributed by atoms with van der Waals surface area (Å²) in [5, 5.41) is 21.4. The molecule has 0 bridgehead atoms. The topological polar surface area (TPSA) is 82.4 Å². The number of carbonyl (C=O) groups excluding carboxylic acids is 1. The molecule has 0 heterocycles.